The Labute approximate surface area is 112 Å². The molecule has 0 heterocycles. The summed E-state index contributed by atoms with van der Waals surface area (Å²) < 4.78 is 4.93. The van der Waals surface area contributed by atoms with Gasteiger partial charge in [0.2, 0.25) is 0 Å². The molecule has 0 unspecified atom stereocenters. The van der Waals surface area contributed by atoms with Gasteiger partial charge in [0, 0.05) is 0 Å². The second kappa shape index (κ2) is 5.44. The largest absolute Gasteiger partial charge is 0.462 e. The van der Waals surface area contributed by atoms with Gasteiger partial charge < -0.3 is 16.2 Å². The number of nitrogens with two attached hydrogens (primary N) is 2. The van der Waals surface area contributed by atoms with E-state index in [2.05, 4.69) is 0 Å². The summed E-state index contributed by atoms with van der Waals surface area (Å²) >= 11 is 0. The normalized spacial score (nSPS) is 10.2. The molecule has 0 amide bonds. The zero-order chi connectivity index (χ0) is 13.8. The van der Waals surface area contributed by atoms with Gasteiger partial charge in [-0.05, 0) is 42.3 Å². The number of hydrogen-bond donors (Lipinski definition) is 2. The van der Waals surface area contributed by atoms with E-state index in [1.54, 1.807) is 25.1 Å². The molecule has 0 fully saturated rings. The van der Waals surface area contributed by atoms with Crippen molar-refractivity contribution in [1.29, 1.82) is 0 Å². The Morgan fingerprint density at radius 3 is 2.21 bits per heavy atom. The number of nitrogen functional groups attached to an aromatic ring is 2. The van der Waals surface area contributed by atoms with Crippen molar-refractivity contribution in [3.05, 3.63) is 48.0 Å². The van der Waals surface area contributed by atoms with Crippen molar-refractivity contribution in [2.75, 3.05) is 18.1 Å². The molecule has 98 valence electrons. The quantitative estimate of drug-likeness (QED) is 0.653. The zero-order valence-electron chi connectivity index (χ0n) is 10.7. The Morgan fingerprint density at radius 2 is 1.63 bits per heavy atom. The molecule has 0 aliphatic rings. The minimum absolute atomic E-state index is 0.314. The van der Waals surface area contributed by atoms with E-state index >= 15 is 0 Å². The van der Waals surface area contributed by atoms with E-state index in [0.717, 1.165) is 11.1 Å². The Kier molecular flexibility index (Phi) is 3.71. The summed E-state index contributed by atoms with van der Waals surface area (Å²) in [5.41, 5.74) is 15.0. The molecule has 2 aromatic rings. The van der Waals surface area contributed by atoms with E-state index < -0.39 is 0 Å². The smallest absolute Gasteiger partial charge is 0.338 e. The van der Waals surface area contributed by atoms with Crippen LogP contribution in [-0.4, -0.2) is 12.6 Å². The number of rotatable bonds is 3. The van der Waals surface area contributed by atoms with Crippen molar-refractivity contribution in [2.45, 2.75) is 6.92 Å². The van der Waals surface area contributed by atoms with Gasteiger partial charge in [0.05, 0.1) is 23.5 Å². The molecule has 0 aliphatic heterocycles. The second-order valence-corrected chi connectivity index (χ2v) is 4.14. The number of benzene rings is 2. The van der Waals surface area contributed by atoms with Crippen molar-refractivity contribution in [2.24, 2.45) is 0 Å². The van der Waals surface area contributed by atoms with Gasteiger partial charge in [0.1, 0.15) is 0 Å². The highest BCUT2D eigenvalue weighted by molar-refractivity contribution is 5.90. The van der Waals surface area contributed by atoms with Gasteiger partial charge in [-0.3, -0.25) is 0 Å². The molecular formula is C15H16N2O2. The zero-order valence-corrected chi connectivity index (χ0v) is 10.7. The van der Waals surface area contributed by atoms with Crippen molar-refractivity contribution in [3.63, 3.8) is 0 Å². The summed E-state index contributed by atoms with van der Waals surface area (Å²) in [4.78, 5) is 11.5. The molecule has 0 atom stereocenters. The van der Waals surface area contributed by atoms with Crippen LogP contribution in [0, 0.1) is 0 Å². The van der Waals surface area contributed by atoms with E-state index in [4.69, 9.17) is 16.2 Å². The maximum atomic E-state index is 11.5. The Hall–Kier alpha value is -2.49. The minimum Gasteiger partial charge on any atom is -0.462 e. The van der Waals surface area contributed by atoms with Crippen molar-refractivity contribution in [1.82, 2.24) is 0 Å². The predicted octanol–water partition coefficient (Wildman–Crippen LogP) is 2.69. The van der Waals surface area contributed by atoms with Gasteiger partial charge in [0.15, 0.2) is 0 Å². The van der Waals surface area contributed by atoms with Crippen LogP contribution in [0.5, 0.6) is 0 Å². The third kappa shape index (κ3) is 2.85. The highest BCUT2D eigenvalue weighted by Crippen LogP contribution is 2.25. The molecule has 0 radical (unpaired) electrons. The van der Waals surface area contributed by atoms with Gasteiger partial charge in [-0.1, -0.05) is 18.2 Å². The maximum Gasteiger partial charge on any atom is 0.338 e. The monoisotopic (exact) mass is 256 g/mol. The van der Waals surface area contributed by atoms with Crippen LogP contribution in [0.15, 0.2) is 42.5 Å². The van der Waals surface area contributed by atoms with Gasteiger partial charge in [-0.15, -0.1) is 0 Å². The summed E-state index contributed by atoms with van der Waals surface area (Å²) in [7, 11) is 0. The van der Waals surface area contributed by atoms with E-state index in [1.165, 1.54) is 0 Å². The minimum atomic E-state index is -0.314. The molecule has 19 heavy (non-hydrogen) atoms. The average molecular weight is 256 g/mol. The van der Waals surface area contributed by atoms with Crippen LogP contribution in [-0.2, 0) is 4.74 Å². The van der Waals surface area contributed by atoms with Crippen LogP contribution >= 0.6 is 0 Å². The van der Waals surface area contributed by atoms with Crippen LogP contribution in [0.2, 0.25) is 0 Å². The fourth-order valence-corrected chi connectivity index (χ4v) is 1.77. The molecule has 0 aromatic heterocycles. The first-order valence-electron chi connectivity index (χ1n) is 6.04. The third-order valence-electron chi connectivity index (χ3n) is 2.82. The first-order valence-corrected chi connectivity index (χ1v) is 6.04. The number of anilines is 2. The lowest BCUT2D eigenvalue weighted by Crippen LogP contribution is -2.04. The van der Waals surface area contributed by atoms with Gasteiger partial charge in [0.25, 0.3) is 0 Å². The molecule has 4 N–H and O–H groups in total. The van der Waals surface area contributed by atoms with Crippen LogP contribution in [0.4, 0.5) is 11.4 Å². The fraction of sp³-hybridized carbons (Fsp3) is 0.133. The Bertz CT molecular complexity index is 592. The maximum absolute atomic E-state index is 11.5. The molecule has 0 aliphatic carbocycles. The Morgan fingerprint density at radius 1 is 1.00 bits per heavy atom. The summed E-state index contributed by atoms with van der Waals surface area (Å²) in [6.07, 6.45) is 0. The first kappa shape index (κ1) is 13.0. The van der Waals surface area contributed by atoms with Gasteiger partial charge >= 0.3 is 5.97 Å². The lowest BCUT2D eigenvalue weighted by Gasteiger charge is -2.06. The van der Waals surface area contributed by atoms with Crippen molar-refractivity contribution >= 4 is 17.3 Å². The molecule has 4 heteroatoms. The molecular weight excluding hydrogens is 240 g/mol. The molecule has 4 nitrogen and oxygen atoms in total. The van der Waals surface area contributed by atoms with Crippen molar-refractivity contribution < 1.29 is 9.53 Å². The number of carbonyl (C=O) groups excluding carboxylic acids is 1. The summed E-state index contributed by atoms with van der Waals surface area (Å²) in [5.74, 6) is -0.314. The number of esters is 1. The fourth-order valence-electron chi connectivity index (χ4n) is 1.77. The molecule has 0 spiro atoms. The van der Waals surface area contributed by atoms with Crippen LogP contribution < -0.4 is 11.5 Å². The van der Waals surface area contributed by atoms with Crippen LogP contribution in [0.25, 0.3) is 11.1 Å². The average Bonchev–Trinajstić information content (AvgIpc) is 2.42. The SMILES string of the molecule is CCOC(=O)c1ccc(-c2ccc(N)c(N)c2)cc1. The highest BCUT2D eigenvalue weighted by Gasteiger charge is 2.06. The molecule has 2 aromatic carbocycles. The van der Waals surface area contributed by atoms with E-state index in [0.29, 0.717) is 23.5 Å². The third-order valence-corrected chi connectivity index (χ3v) is 2.82. The molecule has 0 saturated heterocycles. The molecule has 0 bridgehead atoms. The summed E-state index contributed by atoms with van der Waals surface area (Å²) in [6, 6.07) is 12.7. The summed E-state index contributed by atoms with van der Waals surface area (Å²) in [5, 5.41) is 0. The molecule has 2 rings (SSSR count). The first-order chi connectivity index (χ1) is 9.11. The summed E-state index contributed by atoms with van der Waals surface area (Å²) in [6.45, 7) is 2.15. The lowest BCUT2D eigenvalue weighted by atomic mass is 10.0. The molecule has 0 saturated carbocycles. The highest BCUT2D eigenvalue weighted by atomic mass is 16.5. The standard InChI is InChI=1S/C15H16N2O2/c1-2-19-15(18)11-5-3-10(4-6-11)12-7-8-13(16)14(17)9-12/h3-9H,2,16-17H2,1H3. The van der Waals surface area contributed by atoms with Gasteiger partial charge in [-0.2, -0.15) is 0 Å². The van der Waals surface area contributed by atoms with E-state index in [1.807, 2.05) is 24.3 Å². The number of carbonyl (C=O) groups is 1. The van der Waals surface area contributed by atoms with E-state index in [-0.39, 0.29) is 5.97 Å². The van der Waals surface area contributed by atoms with E-state index in [9.17, 15) is 4.79 Å². The topological polar surface area (TPSA) is 78.3 Å². The predicted molar refractivity (Wildman–Crippen MR) is 76.7 cm³/mol. The van der Waals surface area contributed by atoms with Gasteiger partial charge in [-0.25, -0.2) is 4.79 Å². The van der Waals surface area contributed by atoms with Crippen LogP contribution in [0.3, 0.4) is 0 Å². The number of hydrogen-bond acceptors (Lipinski definition) is 4. The Balaban J connectivity index is 2.27. The number of ether oxygens (including phenoxy) is 1. The lowest BCUT2D eigenvalue weighted by molar-refractivity contribution is 0.0526. The second-order valence-electron chi connectivity index (χ2n) is 4.14. The van der Waals surface area contributed by atoms with Crippen molar-refractivity contribution in [3.8, 4) is 11.1 Å². The van der Waals surface area contributed by atoms with Crippen LogP contribution in [0.1, 0.15) is 17.3 Å².